The fourth-order valence-electron chi connectivity index (χ4n) is 3.43. The van der Waals surface area contributed by atoms with Gasteiger partial charge in [0.1, 0.15) is 11.3 Å². The number of rotatable bonds is 6. The van der Waals surface area contributed by atoms with Gasteiger partial charge in [-0.2, -0.15) is 0 Å². The first-order valence-electron chi connectivity index (χ1n) is 9.39. The Morgan fingerprint density at radius 3 is 2.62 bits per heavy atom. The number of ether oxygens (including phenoxy) is 1. The van der Waals surface area contributed by atoms with Crippen molar-refractivity contribution >= 4 is 17.0 Å². The number of nitrogens with zero attached hydrogens (tertiary/aromatic N) is 1. The van der Waals surface area contributed by atoms with E-state index in [0.29, 0.717) is 18.5 Å². The highest BCUT2D eigenvalue weighted by Crippen LogP contribution is 2.23. The molecule has 1 aromatic heterocycles. The number of carbonyl (C=O) groups excluding carboxylic acids is 1. The molecule has 0 saturated carbocycles. The molecule has 6 heteroatoms. The summed E-state index contributed by atoms with van der Waals surface area (Å²) in [5.41, 5.74) is 0.837. The van der Waals surface area contributed by atoms with Crippen LogP contribution in [-0.4, -0.2) is 49.8 Å². The SMILES string of the molecule is CC(C)[C@@H](CNC(=O)N[C@@H](C)c1cc2ccccc2o1)N1CCOCC1. The minimum absolute atomic E-state index is 0.170. The highest BCUT2D eigenvalue weighted by atomic mass is 16.5. The number of hydrogen-bond donors (Lipinski definition) is 2. The van der Waals surface area contributed by atoms with Gasteiger partial charge >= 0.3 is 6.03 Å². The van der Waals surface area contributed by atoms with E-state index in [4.69, 9.17) is 9.15 Å². The maximum Gasteiger partial charge on any atom is 0.315 e. The van der Waals surface area contributed by atoms with E-state index in [2.05, 4.69) is 29.4 Å². The van der Waals surface area contributed by atoms with Crippen LogP contribution in [0.5, 0.6) is 0 Å². The number of fused-ring (bicyclic) bond motifs is 1. The van der Waals surface area contributed by atoms with Crippen LogP contribution < -0.4 is 10.6 Å². The number of furan rings is 1. The summed E-state index contributed by atoms with van der Waals surface area (Å²) in [4.78, 5) is 14.7. The summed E-state index contributed by atoms with van der Waals surface area (Å²) in [5.74, 6) is 1.22. The minimum atomic E-state index is -0.191. The third kappa shape index (κ3) is 4.56. The predicted octanol–water partition coefficient (Wildman–Crippen LogP) is 3.15. The summed E-state index contributed by atoms with van der Waals surface area (Å²) in [7, 11) is 0. The van der Waals surface area contributed by atoms with E-state index >= 15 is 0 Å². The van der Waals surface area contributed by atoms with Crippen molar-refractivity contribution in [2.24, 2.45) is 5.92 Å². The molecule has 6 nitrogen and oxygen atoms in total. The van der Waals surface area contributed by atoms with Crippen LogP contribution in [0.1, 0.15) is 32.6 Å². The van der Waals surface area contributed by atoms with Crippen LogP contribution in [0.4, 0.5) is 4.79 Å². The first-order valence-corrected chi connectivity index (χ1v) is 9.39. The van der Waals surface area contributed by atoms with Crippen LogP contribution in [-0.2, 0) is 4.74 Å². The molecule has 1 saturated heterocycles. The maximum atomic E-state index is 12.3. The van der Waals surface area contributed by atoms with Crippen molar-refractivity contribution in [1.29, 1.82) is 0 Å². The number of para-hydroxylation sites is 1. The summed E-state index contributed by atoms with van der Waals surface area (Å²) >= 11 is 0. The van der Waals surface area contributed by atoms with Gasteiger partial charge in [0.25, 0.3) is 0 Å². The van der Waals surface area contributed by atoms with Gasteiger partial charge < -0.3 is 19.8 Å². The molecule has 1 aliphatic heterocycles. The van der Waals surface area contributed by atoms with Gasteiger partial charge in [0.05, 0.1) is 19.3 Å². The Kier molecular flexibility index (Phi) is 6.16. The van der Waals surface area contributed by atoms with Crippen LogP contribution in [0.3, 0.4) is 0 Å². The summed E-state index contributed by atoms with van der Waals surface area (Å²) in [6.45, 7) is 10.3. The molecule has 142 valence electrons. The number of morpholine rings is 1. The van der Waals surface area contributed by atoms with Crippen molar-refractivity contribution in [3.63, 3.8) is 0 Å². The van der Waals surface area contributed by atoms with Gasteiger partial charge in [-0.25, -0.2) is 4.79 Å². The molecule has 2 atom stereocenters. The van der Waals surface area contributed by atoms with Gasteiger partial charge in [-0.1, -0.05) is 32.0 Å². The number of carbonyl (C=O) groups is 1. The third-order valence-corrected chi connectivity index (χ3v) is 4.97. The van der Waals surface area contributed by atoms with Gasteiger partial charge in [0.2, 0.25) is 0 Å². The van der Waals surface area contributed by atoms with E-state index in [9.17, 15) is 4.79 Å². The van der Waals surface area contributed by atoms with E-state index in [1.165, 1.54) is 0 Å². The van der Waals surface area contributed by atoms with Crippen LogP contribution in [0, 0.1) is 5.92 Å². The van der Waals surface area contributed by atoms with Gasteiger partial charge in [-0.15, -0.1) is 0 Å². The zero-order chi connectivity index (χ0) is 18.5. The highest BCUT2D eigenvalue weighted by Gasteiger charge is 2.24. The molecule has 1 aromatic carbocycles. The van der Waals surface area contributed by atoms with Gasteiger partial charge in [0.15, 0.2) is 0 Å². The first kappa shape index (κ1) is 18.7. The molecule has 0 aliphatic carbocycles. The molecule has 3 rings (SSSR count). The van der Waals surface area contributed by atoms with Gasteiger partial charge in [0, 0.05) is 31.1 Å². The van der Waals surface area contributed by atoms with Crippen LogP contribution in [0.25, 0.3) is 11.0 Å². The molecular formula is C20H29N3O3. The zero-order valence-electron chi connectivity index (χ0n) is 15.8. The zero-order valence-corrected chi connectivity index (χ0v) is 15.8. The molecule has 0 unspecified atom stereocenters. The smallest absolute Gasteiger partial charge is 0.315 e. The monoisotopic (exact) mass is 359 g/mol. The Morgan fingerprint density at radius 2 is 1.92 bits per heavy atom. The van der Waals surface area contributed by atoms with Crippen molar-refractivity contribution in [3.8, 4) is 0 Å². The van der Waals surface area contributed by atoms with Crippen LogP contribution in [0.15, 0.2) is 34.7 Å². The Morgan fingerprint density at radius 1 is 1.19 bits per heavy atom. The molecule has 0 bridgehead atoms. The molecule has 0 radical (unpaired) electrons. The second-order valence-corrected chi connectivity index (χ2v) is 7.22. The average molecular weight is 359 g/mol. The first-order chi connectivity index (χ1) is 12.5. The van der Waals surface area contributed by atoms with E-state index in [1.54, 1.807) is 0 Å². The average Bonchev–Trinajstić information content (AvgIpc) is 3.07. The predicted molar refractivity (Wildman–Crippen MR) is 102 cm³/mol. The fourth-order valence-corrected chi connectivity index (χ4v) is 3.43. The lowest BCUT2D eigenvalue weighted by atomic mass is 10.0. The second-order valence-electron chi connectivity index (χ2n) is 7.22. The third-order valence-electron chi connectivity index (χ3n) is 4.97. The van der Waals surface area contributed by atoms with Crippen LogP contribution >= 0.6 is 0 Å². The summed E-state index contributed by atoms with van der Waals surface area (Å²) in [5, 5.41) is 7.03. The van der Waals surface area contributed by atoms with Crippen molar-refractivity contribution < 1.29 is 13.9 Å². The molecule has 2 N–H and O–H groups in total. The van der Waals surface area contributed by atoms with Crippen molar-refractivity contribution in [3.05, 3.63) is 36.1 Å². The normalized spacial score (nSPS) is 18.0. The van der Waals surface area contributed by atoms with E-state index in [1.807, 2.05) is 37.3 Å². The summed E-state index contributed by atoms with van der Waals surface area (Å²) in [6.07, 6.45) is 0. The highest BCUT2D eigenvalue weighted by molar-refractivity contribution is 5.78. The topological polar surface area (TPSA) is 66.7 Å². The maximum absolute atomic E-state index is 12.3. The molecule has 2 amide bonds. The lowest BCUT2D eigenvalue weighted by Gasteiger charge is -2.37. The molecule has 1 aliphatic rings. The number of urea groups is 1. The molecule has 26 heavy (non-hydrogen) atoms. The quantitative estimate of drug-likeness (QED) is 0.831. The number of benzene rings is 1. The van der Waals surface area contributed by atoms with Crippen molar-refractivity contribution in [1.82, 2.24) is 15.5 Å². The van der Waals surface area contributed by atoms with Crippen molar-refractivity contribution in [2.75, 3.05) is 32.8 Å². The van der Waals surface area contributed by atoms with Crippen LogP contribution in [0.2, 0.25) is 0 Å². The summed E-state index contributed by atoms with van der Waals surface area (Å²) in [6, 6.07) is 9.78. The second kappa shape index (κ2) is 8.56. The number of hydrogen-bond acceptors (Lipinski definition) is 4. The standard InChI is InChI=1S/C20H29N3O3/c1-14(2)17(23-8-10-25-11-9-23)13-21-20(24)22-15(3)19-12-16-6-4-5-7-18(16)26-19/h4-7,12,14-15,17H,8-11,13H2,1-3H3,(H2,21,22,24)/t15-,17+/m0/s1. The van der Waals surface area contributed by atoms with E-state index in [-0.39, 0.29) is 12.1 Å². The minimum Gasteiger partial charge on any atom is -0.459 e. The Labute approximate surface area is 154 Å². The lowest BCUT2D eigenvalue weighted by Crippen LogP contribution is -2.52. The van der Waals surface area contributed by atoms with Gasteiger partial charge in [-0.3, -0.25) is 4.90 Å². The van der Waals surface area contributed by atoms with Crippen molar-refractivity contribution in [2.45, 2.75) is 32.9 Å². The lowest BCUT2D eigenvalue weighted by molar-refractivity contribution is 0.00718. The Hall–Kier alpha value is -2.05. The molecular weight excluding hydrogens is 330 g/mol. The Bertz CT molecular complexity index is 689. The molecule has 1 fully saturated rings. The summed E-state index contributed by atoms with van der Waals surface area (Å²) < 4.78 is 11.3. The van der Waals surface area contributed by atoms with E-state index < -0.39 is 0 Å². The van der Waals surface area contributed by atoms with Gasteiger partial charge in [-0.05, 0) is 25.0 Å². The largest absolute Gasteiger partial charge is 0.459 e. The molecule has 2 aromatic rings. The number of nitrogens with one attached hydrogen (secondary N) is 2. The molecule has 0 spiro atoms. The molecule has 2 heterocycles. The number of amides is 2. The fraction of sp³-hybridized carbons (Fsp3) is 0.550. The van der Waals surface area contributed by atoms with E-state index in [0.717, 1.165) is 43.0 Å². The Balaban J connectivity index is 1.53.